The van der Waals surface area contributed by atoms with Crippen molar-refractivity contribution in [3.63, 3.8) is 0 Å². The minimum atomic E-state index is -4.45. The molecule has 9 heteroatoms. The van der Waals surface area contributed by atoms with E-state index in [4.69, 9.17) is 9.72 Å². The topological polar surface area (TPSA) is 64.4 Å². The summed E-state index contributed by atoms with van der Waals surface area (Å²) in [7, 11) is 1.34. The van der Waals surface area contributed by atoms with Crippen LogP contribution in [0.3, 0.4) is 0 Å². The van der Waals surface area contributed by atoms with Crippen LogP contribution in [0, 0.1) is 6.92 Å². The number of carbonyl (C=O) groups excluding carboxylic acids is 1. The fraction of sp³-hybridized carbons (Fsp3) is 0.258. The number of carbonyl (C=O) groups is 1. The average molecular weight is 548 g/mol. The van der Waals surface area contributed by atoms with Gasteiger partial charge in [0.1, 0.15) is 5.82 Å². The Morgan fingerprint density at radius 1 is 0.975 bits per heavy atom. The summed E-state index contributed by atoms with van der Waals surface area (Å²) in [5.41, 5.74) is 3.16. The van der Waals surface area contributed by atoms with Crippen molar-refractivity contribution in [3.8, 4) is 0 Å². The van der Waals surface area contributed by atoms with Crippen LogP contribution in [0.5, 0.6) is 0 Å². The number of alkyl halides is 3. The van der Waals surface area contributed by atoms with Crippen LogP contribution in [0.15, 0.2) is 83.7 Å². The minimum Gasteiger partial charge on any atom is -0.465 e. The number of aryl methyl sites for hydroxylation is 1. The van der Waals surface area contributed by atoms with Crippen molar-refractivity contribution >= 4 is 5.97 Å². The first-order chi connectivity index (χ1) is 19.2. The van der Waals surface area contributed by atoms with Gasteiger partial charge in [0.15, 0.2) is 0 Å². The average Bonchev–Trinajstić information content (AvgIpc) is 2.95. The molecule has 0 saturated carbocycles. The molecule has 206 valence electrons. The van der Waals surface area contributed by atoms with Gasteiger partial charge < -0.3 is 4.74 Å². The lowest BCUT2D eigenvalue weighted by Crippen LogP contribution is -2.40. The maximum atomic E-state index is 14.1. The molecule has 1 unspecified atom stereocenters. The summed E-state index contributed by atoms with van der Waals surface area (Å²) < 4.78 is 46.1. The van der Waals surface area contributed by atoms with Crippen molar-refractivity contribution in [3.05, 3.63) is 134 Å². The van der Waals surface area contributed by atoms with Gasteiger partial charge in [0.05, 0.1) is 35.5 Å². The number of methoxy groups -OCH3 is 1. The number of hydrogen-bond donors (Lipinski definition) is 0. The summed E-state index contributed by atoms with van der Waals surface area (Å²) in [5, 5.41) is 0. The van der Waals surface area contributed by atoms with Gasteiger partial charge in [-0.3, -0.25) is 14.3 Å². The van der Waals surface area contributed by atoms with E-state index in [2.05, 4.69) is 4.90 Å². The highest BCUT2D eigenvalue weighted by molar-refractivity contribution is 5.89. The second kappa shape index (κ2) is 11.1. The smallest absolute Gasteiger partial charge is 0.416 e. The molecular weight excluding hydrogens is 519 g/mol. The molecule has 4 aromatic rings. The first kappa shape index (κ1) is 27.3. The molecule has 1 aliphatic heterocycles. The quantitative estimate of drug-likeness (QED) is 0.296. The van der Waals surface area contributed by atoms with Crippen molar-refractivity contribution in [1.29, 1.82) is 0 Å². The van der Waals surface area contributed by atoms with E-state index in [1.165, 1.54) is 19.2 Å². The number of nitrogens with zero attached hydrogens (tertiary/aromatic N) is 3. The van der Waals surface area contributed by atoms with Crippen LogP contribution in [0.1, 0.15) is 55.7 Å². The number of ether oxygens (including phenoxy) is 1. The molecule has 0 fully saturated rings. The summed E-state index contributed by atoms with van der Waals surface area (Å²) in [5.74, 6) is 0.103. The zero-order valence-electron chi connectivity index (χ0n) is 22.1. The summed E-state index contributed by atoms with van der Waals surface area (Å²) in [6, 6.07) is 20.7. The monoisotopic (exact) mass is 547 g/mol. The second-order valence-corrected chi connectivity index (χ2v) is 9.84. The maximum Gasteiger partial charge on any atom is 0.416 e. The first-order valence-electron chi connectivity index (χ1n) is 12.9. The molecule has 0 aliphatic carbocycles. The Hall–Kier alpha value is -4.24. The summed E-state index contributed by atoms with van der Waals surface area (Å²) in [6.45, 7) is 3.43. The third-order valence-corrected chi connectivity index (χ3v) is 7.23. The Labute approximate surface area is 229 Å². The van der Waals surface area contributed by atoms with Crippen molar-refractivity contribution in [2.45, 2.75) is 38.7 Å². The molecule has 1 atom stereocenters. The van der Waals surface area contributed by atoms with E-state index >= 15 is 0 Å². The van der Waals surface area contributed by atoms with Crippen LogP contribution in [-0.4, -0.2) is 34.1 Å². The number of rotatable bonds is 6. The number of fused-ring (bicyclic) bond motifs is 1. The van der Waals surface area contributed by atoms with Crippen molar-refractivity contribution in [2.24, 2.45) is 0 Å². The first-order valence-corrected chi connectivity index (χ1v) is 12.9. The molecule has 0 saturated heterocycles. The van der Waals surface area contributed by atoms with Gasteiger partial charge in [0.25, 0.3) is 5.56 Å². The van der Waals surface area contributed by atoms with Gasteiger partial charge in [-0.25, -0.2) is 9.78 Å². The van der Waals surface area contributed by atoms with Crippen LogP contribution in [-0.2, 0) is 30.4 Å². The predicted octanol–water partition coefficient (Wildman–Crippen LogP) is 5.55. The number of aromatic nitrogens is 2. The predicted molar refractivity (Wildman–Crippen MR) is 144 cm³/mol. The molecule has 0 radical (unpaired) electrons. The van der Waals surface area contributed by atoms with Gasteiger partial charge in [0.2, 0.25) is 0 Å². The van der Waals surface area contributed by atoms with Crippen LogP contribution in [0.25, 0.3) is 0 Å². The van der Waals surface area contributed by atoms with Gasteiger partial charge in [-0.05, 0) is 47.9 Å². The fourth-order valence-corrected chi connectivity index (χ4v) is 5.21. The Bertz CT molecular complexity index is 1560. The zero-order chi connectivity index (χ0) is 28.4. The molecule has 3 aromatic carbocycles. The molecule has 40 heavy (non-hydrogen) atoms. The van der Waals surface area contributed by atoms with E-state index in [0.717, 1.165) is 29.0 Å². The van der Waals surface area contributed by atoms with E-state index in [9.17, 15) is 22.8 Å². The third kappa shape index (κ3) is 5.56. The van der Waals surface area contributed by atoms with Crippen LogP contribution >= 0.6 is 0 Å². The zero-order valence-corrected chi connectivity index (χ0v) is 22.1. The Balaban J connectivity index is 1.50. The molecular formula is C31H28F3N3O3. The van der Waals surface area contributed by atoms with Gasteiger partial charge in [-0.1, -0.05) is 54.6 Å². The SMILES string of the molecule is COC(=O)c1ccc(CN2CCc3nc(C)n(C(c4ccccc4)c4ccc(C(F)(F)F)cc4)c(=O)c3C2)cc1. The Morgan fingerprint density at radius 2 is 1.62 bits per heavy atom. The van der Waals surface area contributed by atoms with E-state index in [1.54, 1.807) is 23.6 Å². The van der Waals surface area contributed by atoms with E-state index in [-0.39, 0.29) is 5.56 Å². The van der Waals surface area contributed by atoms with E-state index < -0.39 is 23.8 Å². The highest BCUT2D eigenvalue weighted by Gasteiger charge is 2.31. The van der Waals surface area contributed by atoms with E-state index in [0.29, 0.717) is 48.6 Å². The van der Waals surface area contributed by atoms with Crippen LogP contribution < -0.4 is 5.56 Å². The largest absolute Gasteiger partial charge is 0.465 e. The maximum absolute atomic E-state index is 14.1. The van der Waals surface area contributed by atoms with Crippen molar-refractivity contribution < 1.29 is 22.7 Å². The molecule has 1 aromatic heterocycles. The van der Waals surface area contributed by atoms with Gasteiger partial charge >= 0.3 is 12.1 Å². The lowest BCUT2D eigenvalue weighted by atomic mass is 9.96. The molecule has 6 nitrogen and oxygen atoms in total. The van der Waals surface area contributed by atoms with Gasteiger partial charge in [-0.15, -0.1) is 0 Å². The highest BCUT2D eigenvalue weighted by Crippen LogP contribution is 2.33. The lowest BCUT2D eigenvalue weighted by molar-refractivity contribution is -0.137. The number of hydrogen-bond acceptors (Lipinski definition) is 5. The second-order valence-electron chi connectivity index (χ2n) is 9.84. The van der Waals surface area contributed by atoms with Crippen LogP contribution in [0.2, 0.25) is 0 Å². The van der Waals surface area contributed by atoms with Gasteiger partial charge in [-0.2, -0.15) is 13.2 Å². The van der Waals surface area contributed by atoms with Crippen molar-refractivity contribution in [1.82, 2.24) is 14.5 Å². The molecule has 0 spiro atoms. The Morgan fingerprint density at radius 3 is 2.25 bits per heavy atom. The molecule has 2 heterocycles. The number of benzene rings is 3. The summed E-state index contributed by atoms with van der Waals surface area (Å²) >= 11 is 0. The molecule has 0 N–H and O–H groups in total. The minimum absolute atomic E-state index is 0.206. The van der Waals surface area contributed by atoms with E-state index in [1.807, 2.05) is 42.5 Å². The summed E-state index contributed by atoms with van der Waals surface area (Å²) in [4.78, 5) is 32.7. The Kier molecular flexibility index (Phi) is 7.58. The molecule has 0 bridgehead atoms. The molecule has 1 aliphatic rings. The number of halogens is 3. The lowest BCUT2D eigenvalue weighted by Gasteiger charge is -2.30. The molecule has 5 rings (SSSR count). The van der Waals surface area contributed by atoms with Crippen LogP contribution in [0.4, 0.5) is 13.2 Å². The molecule has 0 amide bonds. The number of esters is 1. The third-order valence-electron chi connectivity index (χ3n) is 7.23. The van der Waals surface area contributed by atoms with Crippen molar-refractivity contribution in [2.75, 3.05) is 13.7 Å². The summed E-state index contributed by atoms with van der Waals surface area (Å²) in [6.07, 6.45) is -3.85. The van der Waals surface area contributed by atoms with Gasteiger partial charge in [0, 0.05) is 26.1 Å². The fourth-order valence-electron chi connectivity index (χ4n) is 5.21. The standard InChI is InChI=1S/C31H28F3N3O3/c1-20-35-27-16-17-36(18-21-8-10-24(11-9-21)30(39)40-2)19-26(27)29(38)37(20)28(22-6-4-3-5-7-22)23-12-14-25(15-13-23)31(32,33)34/h3-15,28H,16-19H2,1-2H3. The highest BCUT2D eigenvalue weighted by atomic mass is 19.4. The normalized spacial score (nSPS) is 14.4.